The topological polar surface area (TPSA) is 99.2 Å². The van der Waals surface area contributed by atoms with Crippen LogP contribution in [0.5, 0.6) is 11.5 Å². The Morgan fingerprint density at radius 1 is 1.13 bits per heavy atom. The Bertz CT molecular complexity index is 1050. The van der Waals surface area contributed by atoms with Crippen molar-refractivity contribution in [3.8, 4) is 11.5 Å². The SMILES string of the molecule is CN1C(=O)CC(Sc2ccccc2C(=O)OCC(=O)c2ccc3c(c2)OCO3)C1=O. The summed E-state index contributed by atoms with van der Waals surface area (Å²) in [5, 5.41) is -0.591. The highest BCUT2D eigenvalue weighted by atomic mass is 32.2. The van der Waals surface area contributed by atoms with E-state index in [9.17, 15) is 19.2 Å². The van der Waals surface area contributed by atoms with Crippen molar-refractivity contribution in [3.05, 3.63) is 53.6 Å². The number of fused-ring (bicyclic) bond motifs is 1. The van der Waals surface area contributed by atoms with Gasteiger partial charge in [-0.1, -0.05) is 12.1 Å². The number of nitrogens with zero attached hydrogens (tertiary/aromatic N) is 1. The monoisotopic (exact) mass is 427 g/mol. The van der Waals surface area contributed by atoms with Gasteiger partial charge < -0.3 is 14.2 Å². The summed E-state index contributed by atoms with van der Waals surface area (Å²) in [6.07, 6.45) is 0.0754. The minimum atomic E-state index is -0.683. The van der Waals surface area contributed by atoms with Gasteiger partial charge >= 0.3 is 5.97 Å². The van der Waals surface area contributed by atoms with Gasteiger partial charge in [0.15, 0.2) is 23.9 Å². The fraction of sp³-hybridized carbons (Fsp3) is 0.238. The molecule has 4 rings (SSSR count). The van der Waals surface area contributed by atoms with Crippen molar-refractivity contribution in [2.24, 2.45) is 0 Å². The maximum absolute atomic E-state index is 12.6. The molecule has 2 aromatic rings. The van der Waals surface area contributed by atoms with Crippen molar-refractivity contribution in [1.29, 1.82) is 0 Å². The molecular weight excluding hydrogens is 410 g/mol. The molecule has 2 aliphatic rings. The van der Waals surface area contributed by atoms with Crippen LogP contribution in [0.2, 0.25) is 0 Å². The average Bonchev–Trinajstić information content (AvgIpc) is 3.32. The number of amides is 2. The number of benzene rings is 2. The minimum absolute atomic E-state index is 0.0754. The summed E-state index contributed by atoms with van der Waals surface area (Å²) in [6.45, 7) is -0.345. The maximum atomic E-state index is 12.6. The van der Waals surface area contributed by atoms with Gasteiger partial charge in [-0.3, -0.25) is 19.3 Å². The zero-order valence-electron chi connectivity index (χ0n) is 16.0. The Morgan fingerprint density at radius 2 is 1.90 bits per heavy atom. The number of esters is 1. The molecule has 9 heteroatoms. The highest BCUT2D eigenvalue weighted by Gasteiger charge is 2.37. The lowest BCUT2D eigenvalue weighted by Gasteiger charge is -2.12. The van der Waals surface area contributed by atoms with Crippen LogP contribution in [0.25, 0.3) is 0 Å². The predicted molar refractivity (Wildman–Crippen MR) is 106 cm³/mol. The smallest absolute Gasteiger partial charge is 0.339 e. The van der Waals surface area contributed by atoms with E-state index in [-0.39, 0.29) is 36.4 Å². The van der Waals surface area contributed by atoms with Crippen molar-refractivity contribution < 1.29 is 33.4 Å². The van der Waals surface area contributed by atoms with Gasteiger partial charge in [0.1, 0.15) is 0 Å². The summed E-state index contributed by atoms with van der Waals surface area (Å²) in [7, 11) is 1.44. The Hall–Kier alpha value is -3.33. The van der Waals surface area contributed by atoms with Crippen molar-refractivity contribution in [2.45, 2.75) is 16.6 Å². The van der Waals surface area contributed by atoms with Gasteiger partial charge in [-0.15, -0.1) is 11.8 Å². The van der Waals surface area contributed by atoms with Crippen LogP contribution >= 0.6 is 11.8 Å². The van der Waals surface area contributed by atoms with Gasteiger partial charge in [-0.2, -0.15) is 0 Å². The maximum Gasteiger partial charge on any atom is 0.339 e. The zero-order valence-corrected chi connectivity index (χ0v) is 16.8. The van der Waals surface area contributed by atoms with Crippen LogP contribution in [0.1, 0.15) is 27.1 Å². The van der Waals surface area contributed by atoms with E-state index in [4.69, 9.17) is 14.2 Å². The third-order valence-electron chi connectivity index (χ3n) is 4.75. The first-order valence-electron chi connectivity index (χ1n) is 9.10. The van der Waals surface area contributed by atoms with Gasteiger partial charge in [-0.25, -0.2) is 4.79 Å². The average molecular weight is 427 g/mol. The predicted octanol–water partition coefficient (Wildman–Crippen LogP) is 2.30. The number of rotatable bonds is 6. The molecule has 0 aliphatic carbocycles. The molecule has 2 aliphatic heterocycles. The van der Waals surface area contributed by atoms with Gasteiger partial charge in [0.25, 0.3) is 0 Å². The Morgan fingerprint density at radius 3 is 2.67 bits per heavy atom. The molecule has 0 spiro atoms. The highest BCUT2D eigenvalue weighted by Crippen LogP contribution is 2.34. The molecular formula is C21H17NO7S. The molecule has 1 unspecified atom stereocenters. The molecule has 2 amide bonds. The fourth-order valence-corrected chi connectivity index (χ4v) is 4.29. The number of hydrogen-bond acceptors (Lipinski definition) is 8. The first kappa shape index (κ1) is 20.0. The molecule has 1 saturated heterocycles. The van der Waals surface area contributed by atoms with E-state index in [0.29, 0.717) is 22.0 Å². The van der Waals surface area contributed by atoms with Crippen LogP contribution in [-0.2, 0) is 14.3 Å². The second-order valence-corrected chi connectivity index (χ2v) is 7.91. The summed E-state index contributed by atoms with van der Waals surface area (Å²) in [6, 6.07) is 11.4. The van der Waals surface area contributed by atoms with E-state index in [1.165, 1.54) is 7.05 Å². The Kier molecular flexibility index (Phi) is 5.45. The fourth-order valence-electron chi connectivity index (χ4n) is 3.07. The van der Waals surface area contributed by atoms with Crippen molar-refractivity contribution in [2.75, 3.05) is 20.4 Å². The van der Waals surface area contributed by atoms with Crippen LogP contribution in [-0.4, -0.2) is 54.2 Å². The van der Waals surface area contributed by atoms with Gasteiger partial charge in [0.05, 0.1) is 10.8 Å². The molecule has 154 valence electrons. The number of imide groups is 1. The van der Waals surface area contributed by atoms with Crippen LogP contribution in [0.15, 0.2) is 47.4 Å². The standard InChI is InChI=1S/C21H17NO7S/c1-22-19(24)9-18(20(22)25)30-17-5-3-2-4-13(17)21(26)27-10-14(23)12-6-7-15-16(8-12)29-11-28-15/h2-8,18H,9-11H2,1H3. The number of Topliss-reactive ketones (excluding diaryl/α,β-unsaturated/α-hetero) is 1. The molecule has 0 radical (unpaired) electrons. The molecule has 0 N–H and O–H groups in total. The summed E-state index contributed by atoms with van der Waals surface area (Å²) in [5.74, 6) is -0.602. The van der Waals surface area contributed by atoms with Crippen molar-refractivity contribution >= 4 is 35.3 Å². The van der Waals surface area contributed by atoms with Crippen LogP contribution in [0.3, 0.4) is 0 Å². The van der Waals surface area contributed by atoms with E-state index >= 15 is 0 Å². The van der Waals surface area contributed by atoms with Gasteiger partial charge in [0.2, 0.25) is 18.6 Å². The minimum Gasteiger partial charge on any atom is -0.454 e. The zero-order chi connectivity index (χ0) is 21.3. The van der Waals surface area contributed by atoms with Gasteiger partial charge in [0, 0.05) is 23.9 Å². The lowest BCUT2D eigenvalue weighted by atomic mass is 10.1. The van der Waals surface area contributed by atoms with E-state index < -0.39 is 17.8 Å². The number of carbonyl (C=O) groups excluding carboxylic acids is 4. The Labute approximate surface area is 176 Å². The van der Waals surface area contributed by atoms with E-state index in [0.717, 1.165) is 16.7 Å². The largest absolute Gasteiger partial charge is 0.454 e. The summed E-state index contributed by atoms with van der Waals surface area (Å²) >= 11 is 1.14. The molecule has 2 aromatic carbocycles. The molecule has 0 saturated carbocycles. The number of thioether (sulfide) groups is 1. The molecule has 30 heavy (non-hydrogen) atoms. The van der Waals surface area contributed by atoms with Crippen LogP contribution < -0.4 is 9.47 Å². The second kappa shape index (κ2) is 8.19. The van der Waals surface area contributed by atoms with E-state index in [1.54, 1.807) is 42.5 Å². The molecule has 1 atom stereocenters. The molecule has 0 aromatic heterocycles. The van der Waals surface area contributed by atoms with Crippen molar-refractivity contribution in [3.63, 3.8) is 0 Å². The van der Waals surface area contributed by atoms with E-state index in [1.807, 2.05) is 0 Å². The quantitative estimate of drug-likeness (QED) is 0.393. The molecule has 8 nitrogen and oxygen atoms in total. The number of likely N-dealkylation sites (tertiary alicyclic amines) is 1. The third kappa shape index (κ3) is 3.88. The van der Waals surface area contributed by atoms with Crippen LogP contribution in [0.4, 0.5) is 0 Å². The number of ether oxygens (including phenoxy) is 3. The van der Waals surface area contributed by atoms with Crippen LogP contribution in [0, 0.1) is 0 Å². The number of carbonyl (C=O) groups is 4. The lowest BCUT2D eigenvalue weighted by Crippen LogP contribution is -2.26. The Balaban J connectivity index is 1.42. The first-order chi connectivity index (χ1) is 14.4. The van der Waals surface area contributed by atoms with Gasteiger partial charge in [-0.05, 0) is 30.3 Å². The molecule has 2 heterocycles. The van der Waals surface area contributed by atoms with Crippen molar-refractivity contribution in [1.82, 2.24) is 4.90 Å². The lowest BCUT2D eigenvalue weighted by molar-refractivity contribution is -0.136. The van der Waals surface area contributed by atoms with E-state index in [2.05, 4.69) is 0 Å². The summed E-state index contributed by atoms with van der Waals surface area (Å²) < 4.78 is 15.7. The normalized spacial score (nSPS) is 17.4. The third-order valence-corrected chi connectivity index (χ3v) is 6.01. The molecule has 0 bridgehead atoms. The number of hydrogen-bond donors (Lipinski definition) is 0. The second-order valence-electron chi connectivity index (χ2n) is 6.67. The summed E-state index contributed by atoms with van der Waals surface area (Å²) in [4.78, 5) is 50.5. The summed E-state index contributed by atoms with van der Waals surface area (Å²) in [5.41, 5.74) is 0.573. The highest BCUT2D eigenvalue weighted by molar-refractivity contribution is 8.00. The molecule has 1 fully saturated rings. The number of ketones is 1. The first-order valence-corrected chi connectivity index (χ1v) is 9.98.